The van der Waals surface area contributed by atoms with Crippen molar-refractivity contribution in [2.45, 2.75) is 19.4 Å². The number of hydrogen-bond donors (Lipinski definition) is 0. The molecule has 1 atom stereocenters. The van der Waals surface area contributed by atoms with Gasteiger partial charge in [0.15, 0.2) is 11.6 Å². The second-order valence-corrected chi connectivity index (χ2v) is 6.03. The summed E-state index contributed by atoms with van der Waals surface area (Å²) in [6, 6.07) is 8.60. The zero-order valence-corrected chi connectivity index (χ0v) is 14.2. The van der Waals surface area contributed by atoms with Crippen LogP contribution < -0.4 is 14.4 Å². The normalized spacial score (nSPS) is 17.0. The van der Waals surface area contributed by atoms with E-state index in [-0.39, 0.29) is 6.10 Å². The van der Waals surface area contributed by atoms with Crippen molar-refractivity contribution in [1.29, 1.82) is 0 Å². The number of aromatic nitrogens is 4. The van der Waals surface area contributed by atoms with Crippen LogP contribution in [0.15, 0.2) is 36.7 Å². The molecule has 1 aliphatic rings. The van der Waals surface area contributed by atoms with Crippen LogP contribution in [0.2, 0.25) is 0 Å². The average molecular weight is 337 g/mol. The number of aryl methyl sites for hydroxylation is 1. The van der Waals surface area contributed by atoms with Gasteiger partial charge in [-0.15, -0.1) is 5.10 Å². The molecule has 1 aliphatic heterocycles. The van der Waals surface area contributed by atoms with E-state index >= 15 is 0 Å². The van der Waals surface area contributed by atoms with E-state index in [2.05, 4.69) is 37.2 Å². The van der Waals surface area contributed by atoms with Crippen molar-refractivity contribution in [2.75, 3.05) is 25.1 Å². The summed E-state index contributed by atoms with van der Waals surface area (Å²) < 4.78 is 11.0. The molecule has 7 nitrogen and oxygen atoms in total. The third kappa shape index (κ3) is 3.05. The fourth-order valence-corrected chi connectivity index (χ4v) is 3.09. The molecule has 4 rings (SSSR count). The van der Waals surface area contributed by atoms with E-state index in [1.807, 2.05) is 19.1 Å². The van der Waals surface area contributed by atoms with Crippen molar-refractivity contribution >= 4 is 16.6 Å². The quantitative estimate of drug-likeness (QED) is 0.724. The maximum atomic E-state index is 5.89. The lowest BCUT2D eigenvalue weighted by atomic mass is 10.1. The van der Waals surface area contributed by atoms with E-state index in [1.54, 1.807) is 19.5 Å². The molecule has 1 unspecified atom stereocenters. The minimum Gasteiger partial charge on any atom is -0.494 e. The molecule has 25 heavy (non-hydrogen) atoms. The number of methoxy groups -OCH3 is 1. The van der Waals surface area contributed by atoms with Crippen LogP contribution in [0, 0.1) is 6.92 Å². The van der Waals surface area contributed by atoms with Gasteiger partial charge in [0.1, 0.15) is 6.10 Å². The van der Waals surface area contributed by atoms with Gasteiger partial charge in [0.2, 0.25) is 0 Å². The molecule has 1 aromatic carbocycles. The predicted octanol–water partition coefficient (Wildman–Crippen LogP) is 2.39. The minimum absolute atomic E-state index is 0.0234. The molecule has 2 aromatic heterocycles. The minimum atomic E-state index is 0.0234. The maximum Gasteiger partial charge on any atom is 0.316 e. The van der Waals surface area contributed by atoms with Gasteiger partial charge in [-0.25, -0.2) is 0 Å². The fourth-order valence-electron chi connectivity index (χ4n) is 3.09. The van der Waals surface area contributed by atoms with Gasteiger partial charge in [-0.05, 0) is 6.92 Å². The molecule has 0 spiro atoms. The topological polar surface area (TPSA) is 73.3 Å². The van der Waals surface area contributed by atoms with Gasteiger partial charge in [-0.3, -0.25) is 0 Å². The molecule has 1 saturated heterocycles. The summed E-state index contributed by atoms with van der Waals surface area (Å²) in [6.07, 6.45) is 4.12. The monoisotopic (exact) mass is 337 g/mol. The molecule has 0 amide bonds. The second kappa shape index (κ2) is 6.51. The number of ether oxygens (including phenoxy) is 2. The van der Waals surface area contributed by atoms with Crippen LogP contribution in [0.1, 0.15) is 12.1 Å². The van der Waals surface area contributed by atoms with Crippen molar-refractivity contribution in [3.05, 3.63) is 42.4 Å². The number of anilines is 1. The molecule has 0 N–H and O–H groups in total. The van der Waals surface area contributed by atoms with Gasteiger partial charge in [0.25, 0.3) is 0 Å². The summed E-state index contributed by atoms with van der Waals surface area (Å²) in [5.74, 6) is 1.52. The first-order valence-corrected chi connectivity index (χ1v) is 8.24. The standard InChI is InChI=1S/C18H19N5O2/c1-12-15-5-3-4-6-16(15)17(22-21-12)23-8-7-13(11-23)25-18-19-9-14(24-2)10-20-18/h3-6,9-10,13H,7-8,11H2,1-2H3. The highest BCUT2D eigenvalue weighted by Gasteiger charge is 2.27. The van der Waals surface area contributed by atoms with Crippen molar-refractivity contribution in [2.24, 2.45) is 0 Å². The summed E-state index contributed by atoms with van der Waals surface area (Å²) in [4.78, 5) is 10.5. The lowest BCUT2D eigenvalue weighted by Crippen LogP contribution is -2.26. The Morgan fingerprint density at radius 3 is 2.60 bits per heavy atom. The molecule has 0 aliphatic carbocycles. The predicted molar refractivity (Wildman–Crippen MR) is 94.1 cm³/mol. The summed E-state index contributed by atoms with van der Waals surface area (Å²) in [5, 5.41) is 11.0. The van der Waals surface area contributed by atoms with Gasteiger partial charge in [0, 0.05) is 23.7 Å². The van der Waals surface area contributed by atoms with E-state index in [1.165, 1.54) is 0 Å². The van der Waals surface area contributed by atoms with E-state index in [0.717, 1.165) is 41.8 Å². The Hall–Kier alpha value is -2.96. The first-order valence-electron chi connectivity index (χ1n) is 8.24. The Morgan fingerprint density at radius 1 is 1.08 bits per heavy atom. The Kier molecular flexibility index (Phi) is 4.05. The van der Waals surface area contributed by atoms with Crippen LogP contribution in [0.4, 0.5) is 5.82 Å². The molecule has 3 heterocycles. The van der Waals surface area contributed by atoms with Gasteiger partial charge in [-0.1, -0.05) is 24.3 Å². The van der Waals surface area contributed by atoms with Crippen LogP contribution in [0.3, 0.4) is 0 Å². The Balaban J connectivity index is 1.51. The van der Waals surface area contributed by atoms with Crippen molar-refractivity contribution in [3.63, 3.8) is 0 Å². The van der Waals surface area contributed by atoms with Crippen LogP contribution in [-0.2, 0) is 0 Å². The van der Waals surface area contributed by atoms with E-state index in [0.29, 0.717) is 11.8 Å². The summed E-state index contributed by atoms with van der Waals surface area (Å²) in [7, 11) is 1.58. The van der Waals surface area contributed by atoms with E-state index in [4.69, 9.17) is 9.47 Å². The molecule has 128 valence electrons. The van der Waals surface area contributed by atoms with E-state index in [9.17, 15) is 0 Å². The zero-order chi connectivity index (χ0) is 17.2. The van der Waals surface area contributed by atoms with Gasteiger partial charge < -0.3 is 14.4 Å². The molecule has 1 fully saturated rings. The number of nitrogens with zero attached hydrogens (tertiary/aromatic N) is 5. The van der Waals surface area contributed by atoms with Crippen LogP contribution in [0.25, 0.3) is 10.8 Å². The first kappa shape index (κ1) is 15.6. The lowest BCUT2D eigenvalue weighted by molar-refractivity contribution is 0.205. The number of fused-ring (bicyclic) bond motifs is 1. The third-order valence-corrected chi connectivity index (χ3v) is 4.41. The lowest BCUT2D eigenvalue weighted by Gasteiger charge is -2.19. The highest BCUT2D eigenvalue weighted by molar-refractivity contribution is 5.93. The largest absolute Gasteiger partial charge is 0.494 e. The Labute approximate surface area is 145 Å². The zero-order valence-electron chi connectivity index (χ0n) is 14.2. The number of hydrogen-bond acceptors (Lipinski definition) is 7. The molecule has 3 aromatic rings. The number of rotatable bonds is 4. The van der Waals surface area contributed by atoms with Crippen molar-refractivity contribution in [3.8, 4) is 11.8 Å². The summed E-state index contributed by atoms with van der Waals surface area (Å²) in [5.41, 5.74) is 0.943. The molecule has 0 bridgehead atoms. The van der Waals surface area contributed by atoms with Gasteiger partial charge in [0.05, 0.1) is 31.7 Å². The van der Waals surface area contributed by atoms with Crippen molar-refractivity contribution < 1.29 is 9.47 Å². The fraction of sp³-hybridized carbons (Fsp3) is 0.333. The first-order chi connectivity index (χ1) is 12.2. The molecule has 0 radical (unpaired) electrons. The highest BCUT2D eigenvalue weighted by atomic mass is 16.5. The van der Waals surface area contributed by atoms with E-state index < -0.39 is 0 Å². The van der Waals surface area contributed by atoms with Crippen molar-refractivity contribution in [1.82, 2.24) is 20.2 Å². The van der Waals surface area contributed by atoms with Gasteiger partial charge in [-0.2, -0.15) is 15.1 Å². The van der Waals surface area contributed by atoms with Crippen LogP contribution in [-0.4, -0.2) is 46.5 Å². The van der Waals surface area contributed by atoms with Crippen LogP contribution in [0.5, 0.6) is 11.8 Å². The average Bonchev–Trinajstić information content (AvgIpc) is 3.11. The summed E-state index contributed by atoms with van der Waals surface area (Å²) in [6.45, 7) is 3.58. The molecular formula is C18H19N5O2. The van der Waals surface area contributed by atoms with Crippen LogP contribution >= 0.6 is 0 Å². The third-order valence-electron chi connectivity index (χ3n) is 4.41. The van der Waals surface area contributed by atoms with Gasteiger partial charge >= 0.3 is 6.01 Å². The molecule has 0 saturated carbocycles. The Bertz CT molecular complexity index is 884. The number of benzene rings is 1. The molecular weight excluding hydrogens is 318 g/mol. The molecule has 7 heteroatoms. The smallest absolute Gasteiger partial charge is 0.316 e. The highest BCUT2D eigenvalue weighted by Crippen LogP contribution is 2.28. The summed E-state index contributed by atoms with van der Waals surface area (Å²) >= 11 is 0. The SMILES string of the molecule is COc1cnc(OC2CCN(c3nnc(C)c4ccccc34)C2)nc1. The Morgan fingerprint density at radius 2 is 1.84 bits per heavy atom. The maximum absolute atomic E-state index is 5.89. The second-order valence-electron chi connectivity index (χ2n) is 6.03.